The van der Waals surface area contributed by atoms with E-state index in [1.54, 1.807) is 12.5 Å². The Morgan fingerprint density at radius 3 is 2.92 bits per heavy atom. The molecule has 2 aromatic heterocycles. The minimum Gasteiger partial charge on any atom is -0.472 e. The Balaban J connectivity index is 1.23. The van der Waals surface area contributed by atoms with Crippen molar-refractivity contribution in [1.82, 2.24) is 9.88 Å². The molecule has 0 aliphatic carbocycles. The van der Waals surface area contributed by atoms with E-state index < -0.39 is 0 Å². The van der Waals surface area contributed by atoms with E-state index in [1.165, 1.54) is 5.56 Å². The van der Waals surface area contributed by atoms with Crippen LogP contribution in [0, 0.1) is 5.92 Å². The molecule has 4 rings (SSSR count). The molecule has 0 unspecified atom stereocenters. The summed E-state index contributed by atoms with van der Waals surface area (Å²) in [5.41, 5.74) is 2.47. The Kier molecular flexibility index (Phi) is 5.68. The fraction of sp³-hybridized carbons (Fsp3) is 0.571. The lowest BCUT2D eigenvalue weighted by molar-refractivity contribution is -0.0733. The van der Waals surface area contributed by atoms with Gasteiger partial charge in [-0.2, -0.15) is 0 Å². The highest BCUT2D eigenvalue weighted by Gasteiger charge is 2.45. The maximum Gasteiger partial charge on any atom is 0.0947 e. The first kappa shape index (κ1) is 17.7. The fourth-order valence-corrected chi connectivity index (χ4v) is 4.37. The highest BCUT2D eigenvalue weighted by molar-refractivity contribution is 5.07. The average molecular weight is 356 g/mol. The molecule has 0 aromatic carbocycles. The molecule has 1 spiro atoms. The number of aromatic nitrogens is 1. The summed E-state index contributed by atoms with van der Waals surface area (Å²) in [6, 6.07) is 6.07. The van der Waals surface area contributed by atoms with Gasteiger partial charge in [0.1, 0.15) is 0 Å². The van der Waals surface area contributed by atoms with Crippen LogP contribution in [0.15, 0.2) is 47.5 Å². The molecule has 2 fully saturated rings. The van der Waals surface area contributed by atoms with Gasteiger partial charge < -0.3 is 13.9 Å². The van der Waals surface area contributed by atoms with E-state index in [4.69, 9.17) is 13.9 Å². The van der Waals surface area contributed by atoms with Crippen molar-refractivity contribution in [2.75, 3.05) is 26.3 Å². The maximum absolute atomic E-state index is 6.28. The van der Waals surface area contributed by atoms with Crippen molar-refractivity contribution >= 4 is 0 Å². The van der Waals surface area contributed by atoms with E-state index in [-0.39, 0.29) is 5.60 Å². The molecule has 5 heteroatoms. The van der Waals surface area contributed by atoms with Gasteiger partial charge in [0.05, 0.1) is 24.7 Å². The van der Waals surface area contributed by atoms with Crippen LogP contribution >= 0.6 is 0 Å². The van der Waals surface area contributed by atoms with Gasteiger partial charge in [0, 0.05) is 50.8 Å². The molecule has 1 atom stereocenters. The van der Waals surface area contributed by atoms with Crippen molar-refractivity contribution in [3.05, 3.63) is 54.2 Å². The molecule has 0 bridgehead atoms. The van der Waals surface area contributed by atoms with Crippen LogP contribution < -0.4 is 0 Å². The van der Waals surface area contributed by atoms with Crippen molar-refractivity contribution in [3.8, 4) is 0 Å². The van der Waals surface area contributed by atoms with E-state index in [9.17, 15) is 0 Å². The van der Waals surface area contributed by atoms with E-state index >= 15 is 0 Å². The zero-order valence-corrected chi connectivity index (χ0v) is 15.3. The van der Waals surface area contributed by atoms with Crippen molar-refractivity contribution in [3.63, 3.8) is 0 Å². The van der Waals surface area contributed by atoms with Crippen LogP contribution in [0.3, 0.4) is 0 Å². The van der Waals surface area contributed by atoms with Gasteiger partial charge in [-0.05, 0) is 49.3 Å². The molecule has 0 saturated carbocycles. The molecule has 2 aliphatic rings. The van der Waals surface area contributed by atoms with Crippen molar-refractivity contribution in [2.24, 2.45) is 5.92 Å². The Labute approximate surface area is 155 Å². The van der Waals surface area contributed by atoms with Crippen LogP contribution in [0.5, 0.6) is 0 Å². The minimum atomic E-state index is 0.0740. The lowest BCUT2D eigenvalue weighted by Gasteiger charge is -2.42. The van der Waals surface area contributed by atoms with E-state index in [2.05, 4.69) is 22.0 Å². The van der Waals surface area contributed by atoms with Crippen molar-refractivity contribution < 1.29 is 13.9 Å². The fourth-order valence-electron chi connectivity index (χ4n) is 4.37. The van der Waals surface area contributed by atoms with Crippen molar-refractivity contribution in [1.29, 1.82) is 0 Å². The quantitative estimate of drug-likeness (QED) is 0.709. The standard InChI is InChI=1S/C21H28N2O3/c1-2-18(14-22-8-1)16-25-12-4-20-5-13-26-21(20)6-9-23(10-7-21)15-19-3-11-24-17-19/h1-3,8,11,14,17,20H,4-7,9-10,12-13,15-16H2/t20-/m1/s1. The van der Waals surface area contributed by atoms with Gasteiger partial charge >= 0.3 is 0 Å². The predicted octanol–water partition coefficient (Wildman–Crippen LogP) is 3.65. The summed E-state index contributed by atoms with van der Waals surface area (Å²) in [5, 5.41) is 0. The lowest BCUT2D eigenvalue weighted by Crippen LogP contribution is -2.47. The molecule has 0 radical (unpaired) electrons. The first-order chi connectivity index (χ1) is 12.8. The maximum atomic E-state index is 6.28. The number of furan rings is 1. The summed E-state index contributed by atoms with van der Waals surface area (Å²) < 4.78 is 17.4. The highest BCUT2D eigenvalue weighted by atomic mass is 16.5. The average Bonchev–Trinajstić information content (AvgIpc) is 3.32. The smallest absolute Gasteiger partial charge is 0.0947 e. The largest absolute Gasteiger partial charge is 0.472 e. The molecule has 5 nitrogen and oxygen atoms in total. The summed E-state index contributed by atoms with van der Waals surface area (Å²) in [7, 11) is 0. The van der Waals surface area contributed by atoms with Crippen LogP contribution in [0.25, 0.3) is 0 Å². The first-order valence-corrected chi connectivity index (χ1v) is 9.68. The SMILES string of the molecule is c1cncc(COCC[C@@H]2CCOC23CCN(Cc2ccoc2)CC3)c1. The second-order valence-corrected chi connectivity index (χ2v) is 7.51. The van der Waals surface area contributed by atoms with Gasteiger partial charge in [0.2, 0.25) is 0 Å². The van der Waals surface area contributed by atoms with Crippen LogP contribution in [0.2, 0.25) is 0 Å². The van der Waals surface area contributed by atoms with Gasteiger partial charge in [-0.1, -0.05) is 6.07 Å². The molecule has 2 saturated heterocycles. The van der Waals surface area contributed by atoms with Crippen LogP contribution in [0.4, 0.5) is 0 Å². The Morgan fingerprint density at radius 2 is 2.15 bits per heavy atom. The number of rotatable bonds is 7. The topological polar surface area (TPSA) is 47.7 Å². The molecule has 2 aliphatic heterocycles. The van der Waals surface area contributed by atoms with Gasteiger partial charge in [-0.15, -0.1) is 0 Å². The zero-order valence-electron chi connectivity index (χ0n) is 15.3. The summed E-state index contributed by atoms with van der Waals surface area (Å²) in [6.45, 7) is 5.51. The summed E-state index contributed by atoms with van der Waals surface area (Å²) >= 11 is 0. The Morgan fingerprint density at radius 1 is 1.23 bits per heavy atom. The zero-order chi connectivity index (χ0) is 17.7. The third kappa shape index (κ3) is 4.17. The Hall–Kier alpha value is -1.69. The Bertz CT molecular complexity index is 651. The monoisotopic (exact) mass is 356 g/mol. The lowest BCUT2D eigenvalue weighted by atomic mass is 9.78. The van der Waals surface area contributed by atoms with Gasteiger partial charge in [0.15, 0.2) is 0 Å². The predicted molar refractivity (Wildman–Crippen MR) is 98.5 cm³/mol. The van der Waals surface area contributed by atoms with Crippen molar-refractivity contribution in [2.45, 2.75) is 44.4 Å². The van der Waals surface area contributed by atoms with E-state index in [0.29, 0.717) is 12.5 Å². The highest BCUT2D eigenvalue weighted by Crippen LogP contribution is 2.42. The van der Waals surface area contributed by atoms with Gasteiger partial charge in [-0.25, -0.2) is 0 Å². The normalized spacial score (nSPS) is 22.8. The van der Waals surface area contributed by atoms with E-state index in [0.717, 1.165) is 64.1 Å². The van der Waals surface area contributed by atoms with E-state index in [1.807, 2.05) is 18.5 Å². The van der Waals surface area contributed by atoms with Crippen LogP contribution in [-0.2, 0) is 22.6 Å². The number of likely N-dealkylation sites (tertiary alicyclic amines) is 1. The second-order valence-electron chi connectivity index (χ2n) is 7.51. The summed E-state index contributed by atoms with van der Waals surface area (Å²) in [5.74, 6) is 0.618. The molecule has 4 heterocycles. The molecule has 0 amide bonds. The van der Waals surface area contributed by atoms with Crippen LogP contribution in [-0.4, -0.2) is 41.8 Å². The molecule has 0 N–H and O–H groups in total. The third-order valence-electron chi connectivity index (χ3n) is 5.89. The first-order valence-electron chi connectivity index (χ1n) is 9.68. The number of pyridine rings is 1. The number of nitrogens with zero attached hydrogens (tertiary/aromatic N) is 2. The summed E-state index contributed by atoms with van der Waals surface area (Å²) in [6.07, 6.45) is 11.8. The molecule has 140 valence electrons. The molecular formula is C21H28N2O3. The number of ether oxygens (including phenoxy) is 2. The number of piperidine rings is 1. The van der Waals surface area contributed by atoms with Crippen LogP contribution in [0.1, 0.15) is 36.8 Å². The number of hydrogen-bond acceptors (Lipinski definition) is 5. The molecule has 26 heavy (non-hydrogen) atoms. The van der Waals surface area contributed by atoms with Gasteiger partial charge in [0.25, 0.3) is 0 Å². The second kappa shape index (κ2) is 8.33. The molecular weight excluding hydrogens is 328 g/mol. The number of hydrogen-bond donors (Lipinski definition) is 0. The minimum absolute atomic E-state index is 0.0740. The molecule has 2 aromatic rings. The van der Waals surface area contributed by atoms with Gasteiger partial charge in [-0.3, -0.25) is 9.88 Å². The third-order valence-corrected chi connectivity index (χ3v) is 5.89. The summed E-state index contributed by atoms with van der Waals surface area (Å²) in [4.78, 5) is 6.64.